The highest BCUT2D eigenvalue weighted by Gasteiger charge is 1.96. The van der Waals surface area contributed by atoms with Gasteiger partial charge in [0.15, 0.2) is 0 Å². The third kappa shape index (κ3) is 7.46. The van der Waals surface area contributed by atoms with Gasteiger partial charge in [0.05, 0.1) is 13.2 Å². The lowest BCUT2D eigenvalue weighted by Crippen LogP contribution is -2.37. The van der Waals surface area contributed by atoms with E-state index in [0.29, 0.717) is 32.8 Å². The molecule has 72 valence electrons. The molecule has 0 aliphatic heterocycles. The first-order valence-corrected chi connectivity index (χ1v) is 3.97. The van der Waals surface area contributed by atoms with Crippen molar-refractivity contribution in [1.82, 2.24) is 10.6 Å². The highest BCUT2D eigenvalue weighted by Crippen LogP contribution is 1.66. The summed E-state index contributed by atoms with van der Waals surface area (Å²) in [5.74, 6) is -0.0310. The standard InChI is InChI=1S/C7H17N3O2/c1-12-5-4-9-6-7(11)10-3-2-8/h9H,2-6,8H2,1H3,(H,10,11). The number of hydrogen-bond donors (Lipinski definition) is 3. The lowest BCUT2D eigenvalue weighted by Gasteiger charge is -2.04. The third-order valence-electron chi connectivity index (χ3n) is 1.24. The molecule has 5 nitrogen and oxygen atoms in total. The summed E-state index contributed by atoms with van der Waals surface area (Å²) in [5, 5.41) is 5.56. The Morgan fingerprint density at radius 3 is 2.83 bits per heavy atom. The number of amides is 1. The van der Waals surface area contributed by atoms with Crippen LogP contribution < -0.4 is 16.4 Å². The van der Waals surface area contributed by atoms with E-state index in [0.717, 1.165) is 0 Å². The normalized spacial score (nSPS) is 9.83. The van der Waals surface area contributed by atoms with Crippen molar-refractivity contribution in [3.63, 3.8) is 0 Å². The molecule has 0 rings (SSSR count). The summed E-state index contributed by atoms with van der Waals surface area (Å²) < 4.78 is 4.79. The van der Waals surface area contributed by atoms with Gasteiger partial charge >= 0.3 is 0 Å². The van der Waals surface area contributed by atoms with E-state index in [9.17, 15) is 4.79 Å². The van der Waals surface area contributed by atoms with Crippen LogP contribution in [0.25, 0.3) is 0 Å². The number of hydrogen-bond acceptors (Lipinski definition) is 4. The van der Waals surface area contributed by atoms with Crippen LogP contribution in [-0.4, -0.2) is 45.8 Å². The van der Waals surface area contributed by atoms with Gasteiger partial charge in [-0.25, -0.2) is 0 Å². The summed E-state index contributed by atoms with van der Waals surface area (Å²) in [5.41, 5.74) is 5.20. The summed E-state index contributed by atoms with van der Waals surface area (Å²) in [7, 11) is 1.62. The number of rotatable bonds is 7. The van der Waals surface area contributed by atoms with Crippen molar-refractivity contribution in [3.05, 3.63) is 0 Å². The Labute approximate surface area is 72.6 Å². The molecule has 0 unspecified atom stereocenters. The zero-order valence-corrected chi connectivity index (χ0v) is 7.43. The van der Waals surface area contributed by atoms with E-state index in [4.69, 9.17) is 10.5 Å². The summed E-state index contributed by atoms with van der Waals surface area (Å²) in [6.45, 7) is 2.63. The molecular formula is C7H17N3O2. The van der Waals surface area contributed by atoms with Crippen molar-refractivity contribution in [2.24, 2.45) is 5.73 Å². The number of nitrogens with one attached hydrogen (secondary N) is 2. The fourth-order valence-electron chi connectivity index (χ4n) is 0.650. The Kier molecular flexibility index (Phi) is 7.99. The Balaban J connectivity index is 3.08. The van der Waals surface area contributed by atoms with E-state index in [1.54, 1.807) is 7.11 Å². The van der Waals surface area contributed by atoms with Gasteiger partial charge < -0.3 is 21.1 Å². The van der Waals surface area contributed by atoms with Gasteiger partial charge in [0.1, 0.15) is 0 Å². The molecule has 12 heavy (non-hydrogen) atoms. The van der Waals surface area contributed by atoms with Crippen molar-refractivity contribution in [3.8, 4) is 0 Å². The topological polar surface area (TPSA) is 76.4 Å². The molecule has 0 aromatic heterocycles. The second-order valence-electron chi connectivity index (χ2n) is 2.31. The number of nitrogens with two attached hydrogens (primary N) is 1. The molecule has 1 amide bonds. The van der Waals surface area contributed by atoms with Gasteiger partial charge in [0, 0.05) is 26.7 Å². The number of carbonyl (C=O) groups is 1. The summed E-state index contributed by atoms with van der Waals surface area (Å²) in [6, 6.07) is 0. The lowest BCUT2D eigenvalue weighted by atomic mass is 10.5. The van der Waals surface area contributed by atoms with Crippen molar-refractivity contribution in [2.75, 3.05) is 39.9 Å². The van der Waals surface area contributed by atoms with Gasteiger partial charge in [-0.05, 0) is 0 Å². The van der Waals surface area contributed by atoms with Crippen molar-refractivity contribution in [1.29, 1.82) is 0 Å². The molecule has 0 aromatic rings. The minimum Gasteiger partial charge on any atom is -0.383 e. The Morgan fingerprint density at radius 1 is 1.50 bits per heavy atom. The van der Waals surface area contributed by atoms with Gasteiger partial charge in [0.2, 0.25) is 5.91 Å². The molecule has 0 saturated carbocycles. The Bertz CT molecular complexity index is 119. The molecule has 0 heterocycles. The van der Waals surface area contributed by atoms with E-state index in [2.05, 4.69) is 10.6 Å². The quantitative estimate of drug-likeness (QED) is 0.403. The maximum atomic E-state index is 10.9. The monoisotopic (exact) mass is 175 g/mol. The van der Waals surface area contributed by atoms with Gasteiger partial charge in [-0.1, -0.05) is 0 Å². The minimum absolute atomic E-state index is 0.0310. The highest BCUT2D eigenvalue weighted by atomic mass is 16.5. The zero-order valence-electron chi connectivity index (χ0n) is 7.43. The molecule has 0 spiro atoms. The summed E-state index contributed by atoms with van der Waals surface area (Å²) in [4.78, 5) is 10.9. The molecule has 0 saturated heterocycles. The molecular weight excluding hydrogens is 158 g/mol. The van der Waals surface area contributed by atoms with Crippen LogP contribution >= 0.6 is 0 Å². The predicted molar refractivity (Wildman–Crippen MR) is 46.8 cm³/mol. The van der Waals surface area contributed by atoms with Crippen molar-refractivity contribution < 1.29 is 9.53 Å². The fraction of sp³-hybridized carbons (Fsp3) is 0.857. The Morgan fingerprint density at radius 2 is 2.25 bits per heavy atom. The average Bonchev–Trinajstić information content (AvgIpc) is 2.09. The first kappa shape index (κ1) is 11.4. The molecule has 4 N–H and O–H groups in total. The third-order valence-corrected chi connectivity index (χ3v) is 1.24. The SMILES string of the molecule is COCCNCC(=O)NCCN. The molecule has 0 aromatic carbocycles. The van der Waals surface area contributed by atoms with Crippen LogP contribution in [-0.2, 0) is 9.53 Å². The van der Waals surface area contributed by atoms with Crippen LogP contribution in [0.15, 0.2) is 0 Å². The van der Waals surface area contributed by atoms with Gasteiger partial charge in [-0.3, -0.25) is 4.79 Å². The van der Waals surface area contributed by atoms with E-state index in [1.165, 1.54) is 0 Å². The molecule has 0 fully saturated rings. The van der Waals surface area contributed by atoms with Gasteiger partial charge in [0.25, 0.3) is 0 Å². The van der Waals surface area contributed by atoms with E-state index in [1.807, 2.05) is 0 Å². The fourth-order valence-corrected chi connectivity index (χ4v) is 0.650. The average molecular weight is 175 g/mol. The zero-order chi connectivity index (χ0) is 9.23. The molecule has 0 aliphatic carbocycles. The second kappa shape index (κ2) is 8.45. The van der Waals surface area contributed by atoms with Crippen LogP contribution in [0.5, 0.6) is 0 Å². The van der Waals surface area contributed by atoms with Crippen molar-refractivity contribution >= 4 is 5.91 Å². The highest BCUT2D eigenvalue weighted by molar-refractivity contribution is 5.77. The molecule has 0 radical (unpaired) electrons. The first-order chi connectivity index (χ1) is 5.81. The maximum absolute atomic E-state index is 10.9. The van der Waals surface area contributed by atoms with Crippen LogP contribution in [0.3, 0.4) is 0 Å². The number of carbonyl (C=O) groups excluding carboxylic acids is 1. The van der Waals surface area contributed by atoms with Crippen LogP contribution in [0, 0.1) is 0 Å². The number of methoxy groups -OCH3 is 1. The van der Waals surface area contributed by atoms with E-state index >= 15 is 0 Å². The van der Waals surface area contributed by atoms with E-state index < -0.39 is 0 Å². The summed E-state index contributed by atoms with van der Waals surface area (Å²) in [6.07, 6.45) is 0. The predicted octanol–water partition coefficient (Wildman–Crippen LogP) is -1.70. The number of ether oxygens (including phenoxy) is 1. The van der Waals surface area contributed by atoms with Crippen LogP contribution in [0.1, 0.15) is 0 Å². The summed E-state index contributed by atoms with van der Waals surface area (Å²) >= 11 is 0. The minimum atomic E-state index is -0.0310. The molecule has 0 atom stereocenters. The largest absolute Gasteiger partial charge is 0.383 e. The molecule has 0 aliphatic rings. The van der Waals surface area contributed by atoms with Crippen LogP contribution in [0.4, 0.5) is 0 Å². The van der Waals surface area contributed by atoms with Gasteiger partial charge in [-0.2, -0.15) is 0 Å². The smallest absolute Gasteiger partial charge is 0.234 e. The van der Waals surface area contributed by atoms with Crippen molar-refractivity contribution in [2.45, 2.75) is 0 Å². The van der Waals surface area contributed by atoms with Gasteiger partial charge in [-0.15, -0.1) is 0 Å². The second-order valence-corrected chi connectivity index (χ2v) is 2.31. The lowest BCUT2D eigenvalue weighted by molar-refractivity contribution is -0.120. The molecule has 0 bridgehead atoms. The Hall–Kier alpha value is -0.650. The first-order valence-electron chi connectivity index (χ1n) is 3.97. The van der Waals surface area contributed by atoms with E-state index in [-0.39, 0.29) is 5.91 Å². The van der Waals surface area contributed by atoms with Crippen LogP contribution in [0.2, 0.25) is 0 Å². The maximum Gasteiger partial charge on any atom is 0.234 e. The molecule has 5 heteroatoms.